The molecule has 0 radical (unpaired) electrons. The summed E-state index contributed by atoms with van der Waals surface area (Å²) in [6.45, 7) is 2.08. The summed E-state index contributed by atoms with van der Waals surface area (Å²) in [5, 5.41) is 11.6. The van der Waals surface area contributed by atoms with Crippen molar-refractivity contribution in [3.05, 3.63) is 65.7 Å². The van der Waals surface area contributed by atoms with Crippen LogP contribution in [0.1, 0.15) is 36.8 Å². The largest absolute Gasteiger partial charge is 0.326 e. The molecular formula is C19H20N2O. The first kappa shape index (κ1) is 15.8. The van der Waals surface area contributed by atoms with Crippen LogP contribution in [-0.4, -0.2) is 5.91 Å². The van der Waals surface area contributed by atoms with E-state index in [4.69, 9.17) is 5.26 Å². The van der Waals surface area contributed by atoms with Gasteiger partial charge < -0.3 is 5.32 Å². The number of hydrogen-bond donors (Lipinski definition) is 1. The van der Waals surface area contributed by atoms with Gasteiger partial charge in [-0.25, -0.2) is 0 Å². The number of nitrogens with zero attached hydrogens (tertiary/aromatic N) is 1. The molecule has 0 fully saturated rings. The first-order valence-electron chi connectivity index (χ1n) is 7.56. The lowest BCUT2D eigenvalue weighted by molar-refractivity contribution is -0.117. The van der Waals surface area contributed by atoms with Crippen LogP contribution in [-0.2, 0) is 11.2 Å². The van der Waals surface area contributed by atoms with Crippen molar-refractivity contribution < 1.29 is 4.79 Å². The van der Waals surface area contributed by atoms with E-state index >= 15 is 0 Å². The molecule has 0 aliphatic heterocycles. The lowest BCUT2D eigenvalue weighted by Crippen LogP contribution is -2.21. The van der Waals surface area contributed by atoms with Crippen LogP contribution in [0.3, 0.4) is 0 Å². The molecular weight excluding hydrogens is 272 g/mol. The minimum atomic E-state index is -0.134. The van der Waals surface area contributed by atoms with Crippen LogP contribution in [0.25, 0.3) is 0 Å². The molecule has 0 unspecified atom stereocenters. The van der Waals surface area contributed by atoms with E-state index in [1.54, 1.807) is 0 Å². The van der Waals surface area contributed by atoms with Crippen molar-refractivity contribution in [2.75, 3.05) is 5.32 Å². The number of nitrogens with one attached hydrogen (secondary N) is 1. The highest BCUT2D eigenvalue weighted by Gasteiger charge is 2.19. The molecule has 0 aliphatic carbocycles. The molecule has 2 rings (SSSR count). The Bertz CT molecular complexity index is 641. The lowest BCUT2D eigenvalue weighted by atomic mass is 9.93. The zero-order valence-electron chi connectivity index (χ0n) is 12.8. The molecule has 2 aromatic carbocycles. The van der Waals surface area contributed by atoms with Crippen LogP contribution < -0.4 is 5.32 Å². The zero-order chi connectivity index (χ0) is 15.8. The molecule has 1 amide bonds. The number of carbonyl (C=O) groups is 1. The van der Waals surface area contributed by atoms with Gasteiger partial charge in [0, 0.05) is 5.69 Å². The van der Waals surface area contributed by atoms with Crippen molar-refractivity contribution in [1.29, 1.82) is 5.26 Å². The fraction of sp³-hybridized carbons (Fsp3) is 0.263. The van der Waals surface area contributed by atoms with Crippen LogP contribution in [0, 0.1) is 11.3 Å². The molecule has 0 saturated carbocycles. The first-order chi connectivity index (χ1) is 10.7. The maximum absolute atomic E-state index is 12.6. The molecule has 0 bridgehead atoms. The Morgan fingerprint density at radius 3 is 2.41 bits per heavy atom. The van der Waals surface area contributed by atoms with Crippen LogP contribution in [0.4, 0.5) is 5.69 Å². The molecule has 0 saturated heterocycles. The second-order valence-corrected chi connectivity index (χ2v) is 5.27. The van der Waals surface area contributed by atoms with Crippen molar-refractivity contribution in [1.82, 2.24) is 0 Å². The second kappa shape index (κ2) is 7.99. The van der Waals surface area contributed by atoms with Gasteiger partial charge in [-0.3, -0.25) is 4.79 Å². The van der Waals surface area contributed by atoms with Crippen LogP contribution in [0.5, 0.6) is 0 Å². The van der Waals surface area contributed by atoms with Gasteiger partial charge in [0.1, 0.15) is 0 Å². The summed E-state index contributed by atoms with van der Waals surface area (Å²) >= 11 is 0. The Kier molecular flexibility index (Phi) is 5.73. The molecule has 2 aromatic rings. The van der Waals surface area contributed by atoms with Crippen LogP contribution in [0.2, 0.25) is 0 Å². The van der Waals surface area contributed by atoms with Gasteiger partial charge in [-0.15, -0.1) is 0 Å². The van der Waals surface area contributed by atoms with Crippen molar-refractivity contribution in [2.45, 2.75) is 32.1 Å². The third kappa shape index (κ3) is 4.20. The van der Waals surface area contributed by atoms with E-state index in [-0.39, 0.29) is 11.8 Å². The summed E-state index contributed by atoms with van der Waals surface area (Å²) in [6.07, 6.45) is 2.16. The van der Waals surface area contributed by atoms with Crippen molar-refractivity contribution in [3.63, 3.8) is 0 Å². The van der Waals surface area contributed by atoms with E-state index < -0.39 is 0 Å². The Morgan fingerprint density at radius 2 is 1.82 bits per heavy atom. The van der Waals surface area contributed by atoms with E-state index in [1.165, 1.54) is 0 Å². The van der Waals surface area contributed by atoms with Crippen molar-refractivity contribution in [3.8, 4) is 6.07 Å². The SMILES string of the molecule is CCC[C@H](C(=O)Nc1ccc(CC#N)cc1)c1ccccc1. The van der Waals surface area contributed by atoms with Gasteiger partial charge in [-0.05, 0) is 29.7 Å². The highest BCUT2D eigenvalue weighted by molar-refractivity contribution is 5.95. The quantitative estimate of drug-likeness (QED) is 0.864. The Balaban J connectivity index is 2.09. The fourth-order valence-electron chi connectivity index (χ4n) is 2.45. The number of hydrogen-bond acceptors (Lipinski definition) is 2. The summed E-state index contributed by atoms with van der Waals surface area (Å²) in [5.74, 6) is -0.119. The molecule has 1 N–H and O–H groups in total. The monoisotopic (exact) mass is 292 g/mol. The fourth-order valence-corrected chi connectivity index (χ4v) is 2.45. The van der Waals surface area contributed by atoms with E-state index in [1.807, 2.05) is 54.6 Å². The number of carbonyl (C=O) groups excluding carboxylic acids is 1. The van der Waals surface area contributed by atoms with Gasteiger partial charge in [-0.2, -0.15) is 5.26 Å². The van der Waals surface area contributed by atoms with Gasteiger partial charge in [-0.1, -0.05) is 55.8 Å². The highest BCUT2D eigenvalue weighted by Crippen LogP contribution is 2.23. The van der Waals surface area contributed by atoms with Gasteiger partial charge >= 0.3 is 0 Å². The summed E-state index contributed by atoms with van der Waals surface area (Å²) in [7, 11) is 0. The smallest absolute Gasteiger partial charge is 0.231 e. The van der Waals surface area contributed by atoms with Gasteiger partial charge in [0.05, 0.1) is 18.4 Å². The van der Waals surface area contributed by atoms with Gasteiger partial charge in [0.25, 0.3) is 0 Å². The molecule has 0 aromatic heterocycles. The zero-order valence-corrected chi connectivity index (χ0v) is 12.8. The normalized spacial score (nSPS) is 11.5. The maximum atomic E-state index is 12.6. The highest BCUT2D eigenvalue weighted by atomic mass is 16.1. The Labute approximate surface area is 131 Å². The molecule has 22 heavy (non-hydrogen) atoms. The summed E-state index contributed by atoms with van der Waals surface area (Å²) in [5.41, 5.74) is 2.76. The van der Waals surface area contributed by atoms with E-state index in [2.05, 4.69) is 18.3 Å². The number of nitriles is 1. The molecule has 0 aliphatic rings. The second-order valence-electron chi connectivity index (χ2n) is 5.27. The molecule has 3 heteroatoms. The maximum Gasteiger partial charge on any atom is 0.231 e. The molecule has 1 atom stereocenters. The Morgan fingerprint density at radius 1 is 1.14 bits per heavy atom. The van der Waals surface area contributed by atoms with Gasteiger partial charge in [0.2, 0.25) is 5.91 Å². The number of benzene rings is 2. The van der Waals surface area contributed by atoms with E-state index in [0.29, 0.717) is 6.42 Å². The first-order valence-corrected chi connectivity index (χ1v) is 7.56. The van der Waals surface area contributed by atoms with Crippen molar-refractivity contribution in [2.24, 2.45) is 0 Å². The predicted octanol–water partition coefficient (Wildman–Crippen LogP) is 4.28. The predicted molar refractivity (Wildman–Crippen MR) is 88.5 cm³/mol. The average Bonchev–Trinajstić information content (AvgIpc) is 2.55. The standard InChI is InChI=1S/C19H20N2O/c1-2-6-18(16-7-4-3-5-8-16)19(22)21-17-11-9-15(10-12-17)13-14-20/h3-5,7-12,18H,2,6,13H2,1H3,(H,21,22)/t18-/m0/s1. The third-order valence-electron chi connectivity index (χ3n) is 3.60. The molecule has 3 nitrogen and oxygen atoms in total. The molecule has 0 spiro atoms. The lowest BCUT2D eigenvalue weighted by Gasteiger charge is -2.16. The summed E-state index contributed by atoms with van der Waals surface area (Å²) < 4.78 is 0. The van der Waals surface area contributed by atoms with E-state index in [0.717, 1.165) is 29.7 Å². The third-order valence-corrected chi connectivity index (χ3v) is 3.60. The minimum absolute atomic E-state index is 0.0149. The molecule has 0 heterocycles. The Hall–Kier alpha value is -2.60. The number of anilines is 1. The summed E-state index contributed by atoms with van der Waals surface area (Å²) in [4.78, 5) is 12.6. The summed E-state index contributed by atoms with van der Waals surface area (Å²) in [6, 6.07) is 19.4. The van der Waals surface area contributed by atoms with Gasteiger partial charge in [0.15, 0.2) is 0 Å². The number of rotatable bonds is 6. The number of amides is 1. The minimum Gasteiger partial charge on any atom is -0.326 e. The van der Waals surface area contributed by atoms with Crippen molar-refractivity contribution >= 4 is 11.6 Å². The van der Waals surface area contributed by atoms with Crippen LogP contribution >= 0.6 is 0 Å². The topological polar surface area (TPSA) is 52.9 Å². The van der Waals surface area contributed by atoms with Crippen LogP contribution in [0.15, 0.2) is 54.6 Å². The average molecular weight is 292 g/mol. The van der Waals surface area contributed by atoms with E-state index in [9.17, 15) is 4.79 Å². The molecule has 112 valence electrons.